The number of H-pyrrole nitrogens is 1. The number of rotatable bonds is 2. The van der Waals surface area contributed by atoms with Crippen LogP contribution in [-0.4, -0.2) is 21.4 Å². The quantitative estimate of drug-likeness (QED) is 0.565. The van der Waals surface area contributed by atoms with Gasteiger partial charge in [-0.15, -0.1) is 0 Å². The van der Waals surface area contributed by atoms with E-state index >= 15 is 0 Å². The number of aromatic amines is 1. The van der Waals surface area contributed by atoms with Gasteiger partial charge in [0.2, 0.25) is 0 Å². The van der Waals surface area contributed by atoms with E-state index in [1.807, 2.05) is 6.92 Å². The Morgan fingerprint density at radius 3 is 3.11 bits per heavy atom. The zero-order chi connectivity index (χ0) is 6.69. The van der Waals surface area contributed by atoms with Gasteiger partial charge in [-0.3, -0.25) is 5.10 Å². The van der Waals surface area contributed by atoms with Gasteiger partial charge in [0.15, 0.2) is 0 Å². The molecule has 0 aliphatic heterocycles. The van der Waals surface area contributed by atoms with Crippen molar-refractivity contribution in [2.45, 2.75) is 12.8 Å². The predicted octanol–water partition coefficient (Wildman–Crippen LogP) is 0.558. The summed E-state index contributed by atoms with van der Waals surface area (Å²) in [7, 11) is 0. The number of hydrogen-bond donors (Lipinski definition) is 2. The molecule has 2 N–H and O–H groups in total. The lowest BCUT2D eigenvalue weighted by atomic mass is 10.2. The van der Waals surface area contributed by atoms with Crippen molar-refractivity contribution in [2.75, 3.05) is 0 Å². The van der Waals surface area contributed by atoms with Crippen molar-refractivity contribution in [2.24, 2.45) is 0 Å². The molecule has 1 unspecified atom stereocenters. The van der Waals surface area contributed by atoms with Crippen molar-refractivity contribution in [1.82, 2.24) is 15.2 Å². The molecule has 4 nitrogen and oxygen atoms in total. The number of nitrogens with zero attached hydrogens (tertiary/aromatic N) is 2. The maximum Gasteiger partial charge on any atom is 0.137 e. The van der Waals surface area contributed by atoms with Crippen LogP contribution >= 0.6 is 0 Å². The molecule has 0 saturated carbocycles. The lowest BCUT2D eigenvalue weighted by molar-refractivity contribution is 0.894. The molecule has 0 amide bonds. The fourth-order valence-corrected chi connectivity index (χ4v) is 0.513. The molecule has 1 rings (SSSR count). The van der Waals surface area contributed by atoms with Crippen molar-refractivity contribution in [3.8, 4) is 0 Å². The second-order valence-electron chi connectivity index (χ2n) is 1.83. The summed E-state index contributed by atoms with van der Waals surface area (Å²) in [5.41, 5.74) is 0. The van der Waals surface area contributed by atoms with Crippen molar-refractivity contribution in [3.63, 3.8) is 0 Å². The first kappa shape index (κ1) is 5.94. The average molecular weight is 124 g/mol. The summed E-state index contributed by atoms with van der Waals surface area (Å²) in [5.74, 6) is 0.789. The van der Waals surface area contributed by atoms with E-state index in [-0.39, 0.29) is 5.92 Å². The zero-order valence-electron chi connectivity index (χ0n) is 5.13. The summed E-state index contributed by atoms with van der Waals surface area (Å²) in [5, 5.41) is 13.2. The topological polar surface area (TPSA) is 65.4 Å². The Kier molecular flexibility index (Phi) is 1.58. The lowest BCUT2D eigenvalue weighted by Crippen LogP contribution is -1.95. The Bertz CT molecular complexity index is 179. The van der Waals surface area contributed by atoms with Crippen LogP contribution in [0.15, 0.2) is 6.33 Å². The van der Waals surface area contributed by atoms with E-state index in [1.165, 1.54) is 12.5 Å². The van der Waals surface area contributed by atoms with Crippen LogP contribution in [0.4, 0.5) is 0 Å². The molecule has 0 bridgehead atoms. The van der Waals surface area contributed by atoms with Gasteiger partial charge < -0.3 is 5.41 Å². The highest BCUT2D eigenvalue weighted by Crippen LogP contribution is 2.02. The smallest absolute Gasteiger partial charge is 0.137 e. The van der Waals surface area contributed by atoms with Gasteiger partial charge in [-0.1, -0.05) is 6.92 Å². The van der Waals surface area contributed by atoms with E-state index in [4.69, 9.17) is 5.41 Å². The van der Waals surface area contributed by atoms with Crippen molar-refractivity contribution < 1.29 is 0 Å². The van der Waals surface area contributed by atoms with E-state index in [0.29, 0.717) is 0 Å². The monoisotopic (exact) mass is 124 g/mol. The van der Waals surface area contributed by atoms with Crippen molar-refractivity contribution >= 4 is 6.21 Å². The fourth-order valence-electron chi connectivity index (χ4n) is 0.513. The van der Waals surface area contributed by atoms with Crippen LogP contribution in [0.2, 0.25) is 0 Å². The standard InChI is InChI=1S/C5H8N4/c1-4(2-6)5-7-3-8-9-5/h2-4,6H,1H3,(H,7,8,9). The minimum absolute atomic E-state index is 0.0486. The first-order valence-electron chi connectivity index (χ1n) is 2.70. The molecule has 4 heteroatoms. The Labute approximate surface area is 52.8 Å². The molecule has 1 atom stereocenters. The fraction of sp³-hybridized carbons (Fsp3) is 0.400. The Balaban J connectivity index is 2.76. The molecular weight excluding hydrogens is 116 g/mol. The largest absolute Gasteiger partial charge is 0.312 e. The molecule has 48 valence electrons. The molecule has 0 saturated heterocycles. The third kappa shape index (κ3) is 1.13. The summed E-state index contributed by atoms with van der Waals surface area (Å²) in [4.78, 5) is 3.87. The average Bonchev–Trinajstić information content (AvgIpc) is 2.37. The molecule has 0 fully saturated rings. The van der Waals surface area contributed by atoms with E-state index in [9.17, 15) is 0 Å². The maximum atomic E-state index is 6.87. The molecule has 9 heavy (non-hydrogen) atoms. The number of aromatic nitrogens is 3. The number of nitrogens with one attached hydrogen (secondary N) is 2. The van der Waals surface area contributed by atoms with Gasteiger partial charge in [0.25, 0.3) is 0 Å². The first-order valence-corrected chi connectivity index (χ1v) is 2.70. The Hall–Kier alpha value is -1.19. The number of hydrogen-bond acceptors (Lipinski definition) is 3. The van der Waals surface area contributed by atoms with Gasteiger partial charge in [0, 0.05) is 6.21 Å². The zero-order valence-corrected chi connectivity index (χ0v) is 5.13. The SMILES string of the molecule is CC(C=N)c1ncn[nH]1. The van der Waals surface area contributed by atoms with Crippen LogP contribution in [-0.2, 0) is 0 Å². The van der Waals surface area contributed by atoms with Crippen LogP contribution in [0.5, 0.6) is 0 Å². The summed E-state index contributed by atoms with van der Waals surface area (Å²) in [6, 6.07) is 0. The van der Waals surface area contributed by atoms with Crippen LogP contribution in [0.3, 0.4) is 0 Å². The second kappa shape index (κ2) is 2.39. The highest BCUT2D eigenvalue weighted by Gasteiger charge is 2.01. The highest BCUT2D eigenvalue weighted by atomic mass is 15.2. The van der Waals surface area contributed by atoms with E-state index < -0.39 is 0 Å². The Morgan fingerprint density at radius 2 is 2.67 bits per heavy atom. The first-order chi connectivity index (χ1) is 4.34. The van der Waals surface area contributed by atoms with Gasteiger partial charge in [0.05, 0.1) is 5.92 Å². The minimum atomic E-state index is 0.0486. The van der Waals surface area contributed by atoms with Gasteiger partial charge >= 0.3 is 0 Å². The molecule has 1 aromatic rings. The second-order valence-corrected chi connectivity index (χ2v) is 1.83. The Morgan fingerprint density at radius 1 is 1.89 bits per heavy atom. The summed E-state index contributed by atoms with van der Waals surface area (Å²) >= 11 is 0. The normalized spacial score (nSPS) is 13.0. The van der Waals surface area contributed by atoms with E-state index in [1.54, 1.807) is 0 Å². The maximum absolute atomic E-state index is 6.87. The molecule has 0 aliphatic carbocycles. The third-order valence-corrected chi connectivity index (χ3v) is 1.11. The third-order valence-electron chi connectivity index (χ3n) is 1.11. The molecule has 0 radical (unpaired) electrons. The van der Waals surface area contributed by atoms with Gasteiger partial charge in [-0.2, -0.15) is 5.10 Å². The van der Waals surface area contributed by atoms with E-state index in [0.717, 1.165) is 5.82 Å². The lowest BCUT2D eigenvalue weighted by Gasteiger charge is -1.94. The summed E-state index contributed by atoms with van der Waals surface area (Å²) in [6.45, 7) is 1.88. The molecule has 0 aliphatic rings. The molecule has 0 aromatic carbocycles. The molecule has 0 spiro atoms. The highest BCUT2D eigenvalue weighted by molar-refractivity contribution is 5.61. The molecular formula is C5H8N4. The van der Waals surface area contributed by atoms with Crippen LogP contribution < -0.4 is 0 Å². The van der Waals surface area contributed by atoms with Gasteiger partial charge in [-0.25, -0.2) is 4.98 Å². The van der Waals surface area contributed by atoms with Gasteiger partial charge in [0.1, 0.15) is 12.2 Å². The predicted molar refractivity (Wildman–Crippen MR) is 33.6 cm³/mol. The summed E-state index contributed by atoms with van der Waals surface area (Å²) in [6.07, 6.45) is 2.76. The van der Waals surface area contributed by atoms with Crippen LogP contribution in [0.25, 0.3) is 0 Å². The molecule has 1 heterocycles. The van der Waals surface area contributed by atoms with Gasteiger partial charge in [-0.05, 0) is 0 Å². The van der Waals surface area contributed by atoms with E-state index in [2.05, 4.69) is 15.2 Å². The summed E-state index contributed by atoms with van der Waals surface area (Å²) < 4.78 is 0. The van der Waals surface area contributed by atoms with Crippen molar-refractivity contribution in [1.29, 1.82) is 5.41 Å². The minimum Gasteiger partial charge on any atom is -0.312 e. The molecule has 1 aromatic heterocycles. The van der Waals surface area contributed by atoms with Crippen LogP contribution in [0, 0.1) is 5.41 Å². The van der Waals surface area contributed by atoms with Crippen LogP contribution in [0.1, 0.15) is 18.7 Å². The van der Waals surface area contributed by atoms with Crippen molar-refractivity contribution in [3.05, 3.63) is 12.2 Å².